The van der Waals surface area contributed by atoms with Crippen LogP contribution in [-0.4, -0.2) is 48.7 Å². The molecule has 1 fully saturated rings. The van der Waals surface area contributed by atoms with Crippen molar-refractivity contribution in [2.45, 2.75) is 71.4 Å². The third-order valence-corrected chi connectivity index (χ3v) is 5.04. The van der Waals surface area contributed by atoms with E-state index in [-0.39, 0.29) is 18.0 Å². The predicted octanol–water partition coefficient (Wildman–Crippen LogP) is 4.09. The van der Waals surface area contributed by atoms with E-state index >= 15 is 0 Å². The third kappa shape index (κ3) is 6.43. The van der Waals surface area contributed by atoms with Crippen molar-refractivity contribution in [3.63, 3.8) is 0 Å². The molecule has 156 valence electrons. The van der Waals surface area contributed by atoms with Crippen LogP contribution in [-0.2, 0) is 9.53 Å². The lowest BCUT2D eigenvalue weighted by molar-refractivity contribution is -0.128. The molecule has 0 aromatic heterocycles. The van der Waals surface area contributed by atoms with Gasteiger partial charge in [-0.2, -0.15) is 0 Å². The van der Waals surface area contributed by atoms with Crippen LogP contribution in [0.3, 0.4) is 0 Å². The summed E-state index contributed by atoms with van der Waals surface area (Å²) in [4.78, 5) is 26.3. The number of carbonyl (C=O) groups is 2. The van der Waals surface area contributed by atoms with Crippen molar-refractivity contribution in [2.24, 2.45) is 0 Å². The van der Waals surface area contributed by atoms with Crippen LogP contribution in [0.2, 0.25) is 0 Å². The Hall–Kier alpha value is -2.24. The Balaban J connectivity index is 1.78. The van der Waals surface area contributed by atoms with Crippen LogP contribution in [0.1, 0.15) is 64.9 Å². The Kier molecular flexibility index (Phi) is 8.61. The van der Waals surface area contributed by atoms with E-state index in [9.17, 15) is 9.59 Å². The molecule has 1 N–H and O–H groups in total. The van der Waals surface area contributed by atoms with Crippen LogP contribution in [0, 0.1) is 0 Å². The molecule has 1 aromatic rings. The molecule has 1 aliphatic rings. The molecule has 1 heterocycles. The first-order chi connectivity index (χ1) is 13.4. The van der Waals surface area contributed by atoms with E-state index in [0.717, 1.165) is 37.0 Å². The fourth-order valence-electron chi connectivity index (χ4n) is 3.23. The maximum atomic E-state index is 12.5. The average Bonchev–Trinajstić information content (AvgIpc) is 2.68. The van der Waals surface area contributed by atoms with Gasteiger partial charge in [0.25, 0.3) is 5.91 Å². The van der Waals surface area contributed by atoms with Gasteiger partial charge in [0.05, 0.1) is 6.61 Å². The van der Waals surface area contributed by atoms with Gasteiger partial charge in [0.2, 0.25) is 0 Å². The summed E-state index contributed by atoms with van der Waals surface area (Å²) < 4.78 is 11.2. The van der Waals surface area contributed by atoms with E-state index in [0.29, 0.717) is 25.6 Å². The zero-order valence-electron chi connectivity index (χ0n) is 17.6. The number of likely N-dealkylation sites (tertiary alicyclic amines) is 1. The van der Waals surface area contributed by atoms with Gasteiger partial charge >= 0.3 is 6.09 Å². The van der Waals surface area contributed by atoms with Gasteiger partial charge < -0.3 is 19.7 Å². The largest absolute Gasteiger partial charge is 0.481 e. The SMILES string of the molecule is CCCCOC(=O)N1CCC(NC(=O)C(C)Oc2ccccc2C(C)C)CC1. The highest BCUT2D eigenvalue weighted by Crippen LogP contribution is 2.26. The standard InChI is InChI=1S/C22H34N2O4/c1-5-6-15-27-22(26)24-13-11-18(12-14-24)23-21(25)17(4)28-20-10-8-7-9-19(20)16(2)3/h7-10,16-18H,5-6,11-15H2,1-4H3,(H,23,25). The normalized spacial score (nSPS) is 16.0. The Morgan fingerprint density at radius 1 is 1.18 bits per heavy atom. The maximum Gasteiger partial charge on any atom is 0.409 e. The molecule has 2 amide bonds. The fourth-order valence-corrected chi connectivity index (χ4v) is 3.23. The van der Waals surface area contributed by atoms with Gasteiger partial charge in [-0.1, -0.05) is 45.4 Å². The predicted molar refractivity (Wildman–Crippen MR) is 110 cm³/mol. The van der Waals surface area contributed by atoms with Crippen LogP contribution in [0.4, 0.5) is 4.79 Å². The first kappa shape index (κ1) is 22.1. The number of amides is 2. The fraction of sp³-hybridized carbons (Fsp3) is 0.636. The number of benzene rings is 1. The molecule has 6 nitrogen and oxygen atoms in total. The van der Waals surface area contributed by atoms with Crippen molar-refractivity contribution in [3.8, 4) is 5.75 Å². The lowest BCUT2D eigenvalue weighted by Gasteiger charge is -2.32. The highest BCUT2D eigenvalue weighted by atomic mass is 16.6. The van der Waals surface area contributed by atoms with Crippen LogP contribution in [0.5, 0.6) is 5.75 Å². The molecule has 1 aliphatic heterocycles. The Morgan fingerprint density at radius 2 is 1.86 bits per heavy atom. The lowest BCUT2D eigenvalue weighted by atomic mass is 10.0. The van der Waals surface area contributed by atoms with E-state index in [4.69, 9.17) is 9.47 Å². The van der Waals surface area contributed by atoms with Gasteiger partial charge in [-0.15, -0.1) is 0 Å². The number of unbranched alkanes of at least 4 members (excludes halogenated alkanes) is 1. The second-order valence-electron chi connectivity index (χ2n) is 7.69. The van der Waals surface area contributed by atoms with Crippen molar-refractivity contribution >= 4 is 12.0 Å². The molecule has 2 rings (SSSR count). The number of nitrogens with one attached hydrogen (secondary N) is 1. The van der Waals surface area contributed by atoms with Crippen molar-refractivity contribution < 1.29 is 19.1 Å². The molecule has 6 heteroatoms. The molecule has 1 aromatic carbocycles. The molecule has 0 saturated carbocycles. The van der Waals surface area contributed by atoms with Gasteiger partial charge in [0.1, 0.15) is 5.75 Å². The summed E-state index contributed by atoms with van der Waals surface area (Å²) in [5.41, 5.74) is 1.09. The van der Waals surface area contributed by atoms with Gasteiger partial charge in [-0.3, -0.25) is 4.79 Å². The zero-order chi connectivity index (χ0) is 20.5. The minimum Gasteiger partial charge on any atom is -0.481 e. The molecule has 0 aliphatic carbocycles. The molecule has 28 heavy (non-hydrogen) atoms. The molecule has 0 spiro atoms. The minimum atomic E-state index is -0.572. The Bertz CT molecular complexity index is 639. The zero-order valence-corrected chi connectivity index (χ0v) is 17.6. The van der Waals surface area contributed by atoms with Gasteiger partial charge in [-0.05, 0) is 43.7 Å². The van der Waals surface area contributed by atoms with Crippen LogP contribution >= 0.6 is 0 Å². The lowest BCUT2D eigenvalue weighted by Crippen LogP contribution is -2.49. The summed E-state index contributed by atoms with van der Waals surface area (Å²) in [6.07, 6.45) is 2.52. The van der Waals surface area contributed by atoms with Crippen LogP contribution in [0.25, 0.3) is 0 Å². The summed E-state index contributed by atoms with van der Waals surface area (Å²) in [6, 6.07) is 7.88. The Morgan fingerprint density at radius 3 is 2.50 bits per heavy atom. The van der Waals surface area contributed by atoms with E-state index < -0.39 is 6.10 Å². The summed E-state index contributed by atoms with van der Waals surface area (Å²) >= 11 is 0. The summed E-state index contributed by atoms with van der Waals surface area (Å²) in [5, 5.41) is 3.06. The molecule has 0 bridgehead atoms. The van der Waals surface area contributed by atoms with E-state index in [1.165, 1.54) is 0 Å². The van der Waals surface area contributed by atoms with Crippen molar-refractivity contribution in [1.29, 1.82) is 0 Å². The highest BCUT2D eigenvalue weighted by Gasteiger charge is 2.26. The van der Waals surface area contributed by atoms with Gasteiger partial charge in [0, 0.05) is 19.1 Å². The van der Waals surface area contributed by atoms with Crippen molar-refractivity contribution in [3.05, 3.63) is 29.8 Å². The summed E-state index contributed by atoms with van der Waals surface area (Å²) in [7, 11) is 0. The summed E-state index contributed by atoms with van der Waals surface area (Å²) in [6.45, 7) is 9.71. The quantitative estimate of drug-likeness (QED) is 0.679. The number of nitrogens with zero attached hydrogens (tertiary/aromatic N) is 1. The van der Waals surface area contributed by atoms with E-state index in [1.54, 1.807) is 11.8 Å². The molecule has 0 radical (unpaired) electrons. The number of rotatable bonds is 8. The molecular weight excluding hydrogens is 356 g/mol. The molecule has 1 atom stereocenters. The molecule has 1 unspecified atom stereocenters. The number of piperidine rings is 1. The minimum absolute atomic E-state index is 0.0542. The number of para-hydroxylation sites is 1. The summed E-state index contributed by atoms with van der Waals surface area (Å²) in [5.74, 6) is 0.959. The van der Waals surface area contributed by atoms with E-state index in [2.05, 4.69) is 26.1 Å². The van der Waals surface area contributed by atoms with Gasteiger partial charge in [-0.25, -0.2) is 4.79 Å². The van der Waals surface area contributed by atoms with Crippen molar-refractivity contribution in [2.75, 3.05) is 19.7 Å². The Labute approximate surface area is 168 Å². The topological polar surface area (TPSA) is 67.9 Å². The van der Waals surface area contributed by atoms with Crippen LogP contribution in [0.15, 0.2) is 24.3 Å². The number of hydrogen-bond donors (Lipinski definition) is 1. The highest BCUT2D eigenvalue weighted by molar-refractivity contribution is 5.81. The average molecular weight is 391 g/mol. The van der Waals surface area contributed by atoms with E-state index in [1.807, 2.05) is 24.3 Å². The monoisotopic (exact) mass is 390 g/mol. The maximum absolute atomic E-state index is 12.5. The number of hydrogen-bond acceptors (Lipinski definition) is 4. The van der Waals surface area contributed by atoms with Crippen molar-refractivity contribution in [1.82, 2.24) is 10.2 Å². The first-order valence-corrected chi connectivity index (χ1v) is 10.4. The first-order valence-electron chi connectivity index (χ1n) is 10.4. The smallest absolute Gasteiger partial charge is 0.409 e. The molecular formula is C22H34N2O4. The van der Waals surface area contributed by atoms with Crippen LogP contribution < -0.4 is 10.1 Å². The van der Waals surface area contributed by atoms with Gasteiger partial charge in [0.15, 0.2) is 6.10 Å². The second kappa shape index (κ2) is 10.9. The number of carbonyl (C=O) groups excluding carboxylic acids is 2. The number of ether oxygens (including phenoxy) is 2. The third-order valence-electron chi connectivity index (χ3n) is 5.04. The molecule has 1 saturated heterocycles. The second-order valence-corrected chi connectivity index (χ2v) is 7.69.